The van der Waals surface area contributed by atoms with E-state index in [1.807, 2.05) is 42.5 Å². The number of amides is 1. The molecule has 0 spiro atoms. The lowest BCUT2D eigenvalue weighted by atomic mass is 10.1. The Bertz CT molecular complexity index is 807. The van der Waals surface area contributed by atoms with Gasteiger partial charge in [0.2, 0.25) is 0 Å². The van der Waals surface area contributed by atoms with Gasteiger partial charge in [-0.3, -0.25) is 4.79 Å². The van der Waals surface area contributed by atoms with Crippen molar-refractivity contribution in [3.63, 3.8) is 0 Å². The molecule has 0 atom stereocenters. The lowest BCUT2D eigenvalue weighted by Gasteiger charge is -2.05. The summed E-state index contributed by atoms with van der Waals surface area (Å²) in [4.78, 5) is 16.7. The number of benzene rings is 2. The highest BCUT2D eigenvalue weighted by molar-refractivity contribution is 7.20. The van der Waals surface area contributed by atoms with Crippen LogP contribution in [-0.4, -0.2) is 17.4 Å². The molecule has 3 aromatic rings. The molecule has 21 heavy (non-hydrogen) atoms. The van der Waals surface area contributed by atoms with Crippen molar-refractivity contribution in [1.82, 2.24) is 4.98 Å². The van der Waals surface area contributed by atoms with Crippen molar-refractivity contribution < 1.29 is 4.79 Å². The van der Waals surface area contributed by atoms with Crippen LogP contribution in [0, 0.1) is 0 Å². The minimum Gasteiger partial charge on any atom is -0.384 e. The fraction of sp³-hybridized carbons (Fsp3) is 0.125. The van der Waals surface area contributed by atoms with Gasteiger partial charge in [0.25, 0.3) is 5.91 Å². The number of anilines is 2. The number of aromatic nitrogens is 1. The number of nitrogens with one attached hydrogen (secondary N) is 2. The Morgan fingerprint density at radius 3 is 3.05 bits per heavy atom. The lowest BCUT2D eigenvalue weighted by molar-refractivity contribution is 0.102. The van der Waals surface area contributed by atoms with Crippen molar-refractivity contribution in [2.45, 2.75) is 6.42 Å². The van der Waals surface area contributed by atoms with Crippen LogP contribution >= 0.6 is 11.3 Å². The molecular weight excluding hydrogens is 282 g/mol. The van der Waals surface area contributed by atoms with Gasteiger partial charge in [0, 0.05) is 17.9 Å². The number of carbonyl (C=O) groups is 1. The first-order valence-electron chi connectivity index (χ1n) is 6.83. The summed E-state index contributed by atoms with van der Waals surface area (Å²) in [6.45, 7) is 0.963. The third-order valence-corrected chi connectivity index (χ3v) is 4.60. The fourth-order valence-corrected chi connectivity index (χ4v) is 3.40. The maximum absolute atomic E-state index is 12.3. The number of nitrogens with zero attached hydrogens (tertiary/aromatic N) is 1. The normalized spacial score (nSPS) is 13.0. The van der Waals surface area contributed by atoms with E-state index in [1.165, 1.54) is 16.9 Å². The Morgan fingerprint density at radius 1 is 1.24 bits per heavy atom. The Hall–Kier alpha value is -2.40. The molecule has 4 nitrogen and oxygen atoms in total. The molecule has 2 N–H and O–H groups in total. The van der Waals surface area contributed by atoms with E-state index < -0.39 is 0 Å². The minimum atomic E-state index is -0.151. The summed E-state index contributed by atoms with van der Waals surface area (Å²) in [6.07, 6.45) is 1.00. The summed E-state index contributed by atoms with van der Waals surface area (Å²) in [5, 5.41) is 6.73. The molecule has 0 saturated heterocycles. The number of para-hydroxylation sites is 1. The van der Waals surface area contributed by atoms with Gasteiger partial charge in [-0.15, -0.1) is 11.3 Å². The first kappa shape index (κ1) is 12.3. The molecule has 0 bridgehead atoms. The van der Waals surface area contributed by atoms with Crippen molar-refractivity contribution in [2.24, 2.45) is 0 Å². The van der Waals surface area contributed by atoms with Crippen molar-refractivity contribution in [3.05, 3.63) is 53.0 Å². The molecule has 0 saturated carbocycles. The van der Waals surface area contributed by atoms with E-state index >= 15 is 0 Å². The van der Waals surface area contributed by atoms with Crippen LogP contribution in [-0.2, 0) is 6.42 Å². The van der Waals surface area contributed by atoms with Crippen LogP contribution in [0.2, 0.25) is 0 Å². The summed E-state index contributed by atoms with van der Waals surface area (Å²) < 4.78 is 1.03. The molecule has 5 heteroatoms. The minimum absolute atomic E-state index is 0.151. The second kappa shape index (κ2) is 4.86. The van der Waals surface area contributed by atoms with E-state index in [1.54, 1.807) is 0 Å². The van der Waals surface area contributed by atoms with Gasteiger partial charge in [-0.1, -0.05) is 12.1 Å². The number of fused-ring (bicyclic) bond motifs is 2. The number of carbonyl (C=O) groups excluding carboxylic acids is 1. The first-order chi connectivity index (χ1) is 10.3. The highest BCUT2D eigenvalue weighted by Gasteiger charge is 2.14. The van der Waals surface area contributed by atoms with Crippen LogP contribution in [0.15, 0.2) is 42.5 Å². The van der Waals surface area contributed by atoms with E-state index in [4.69, 9.17) is 0 Å². The van der Waals surface area contributed by atoms with Gasteiger partial charge in [-0.25, -0.2) is 4.98 Å². The monoisotopic (exact) mass is 295 g/mol. The van der Waals surface area contributed by atoms with Crippen LogP contribution in [0.25, 0.3) is 10.2 Å². The van der Waals surface area contributed by atoms with Gasteiger partial charge in [-0.2, -0.15) is 0 Å². The first-order valence-corrected chi connectivity index (χ1v) is 7.65. The van der Waals surface area contributed by atoms with Gasteiger partial charge >= 0.3 is 0 Å². The molecule has 4 rings (SSSR count). The zero-order valence-electron chi connectivity index (χ0n) is 11.2. The van der Waals surface area contributed by atoms with Gasteiger partial charge in [-0.05, 0) is 42.3 Å². The zero-order valence-corrected chi connectivity index (χ0v) is 12.0. The topological polar surface area (TPSA) is 54.0 Å². The molecule has 1 aromatic heterocycles. The molecular formula is C16H13N3OS. The average Bonchev–Trinajstić information content (AvgIpc) is 3.13. The van der Waals surface area contributed by atoms with Gasteiger partial charge in [0.1, 0.15) is 0 Å². The Labute approximate surface area is 125 Å². The van der Waals surface area contributed by atoms with E-state index in [0.717, 1.165) is 34.6 Å². The van der Waals surface area contributed by atoms with E-state index in [-0.39, 0.29) is 5.91 Å². The molecule has 2 heterocycles. The molecule has 104 valence electrons. The van der Waals surface area contributed by atoms with Crippen LogP contribution in [0.3, 0.4) is 0 Å². The lowest BCUT2D eigenvalue weighted by Crippen LogP contribution is -2.11. The smallest absolute Gasteiger partial charge is 0.284 e. The van der Waals surface area contributed by atoms with Crippen molar-refractivity contribution in [2.75, 3.05) is 17.2 Å². The summed E-state index contributed by atoms with van der Waals surface area (Å²) in [5.74, 6) is -0.151. The van der Waals surface area contributed by atoms with Crippen LogP contribution in [0.1, 0.15) is 15.4 Å². The Morgan fingerprint density at radius 2 is 2.14 bits per heavy atom. The quantitative estimate of drug-likeness (QED) is 0.760. The molecule has 1 aliphatic heterocycles. The largest absolute Gasteiger partial charge is 0.384 e. The molecule has 1 amide bonds. The number of hydrogen-bond donors (Lipinski definition) is 2. The molecule has 0 unspecified atom stereocenters. The van der Waals surface area contributed by atoms with E-state index in [0.29, 0.717) is 5.01 Å². The summed E-state index contributed by atoms with van der Waals surface area (Å²) in [6, 6.07) is 13.7. The predicted octanol–water partition coefficient (Wildman–Crippen LogP) is 3.52. The fourth-order valence-electron chi connectivity index (χ4n) is 2.54. The van der Waals surface area contributed by atoms with E-state index in [2.05, 4.69) is 15.6 Å². The molecule has 0 fully saturated rings. The van der Waals surface area contributed by atoms with Crippen molar-refractivity contribution >= 4 is 38.8 Å². The second-order valence-corrected chi connectivity index (χ2v) is 6.02. The van der Waals surface area contributed by atoms with Crippen LogP contribution in [0.5, 0.6) is 0 Å². The molecule has 0 aliphatic carbocycles. The number of rotatable bonds is 2. The Kier molecular flexibility index (Phi) is 2.86. The van der Waals surface area contributed by atoms with Gasteiger partial charge in [0.15, 0.2) is 5.01 Å². The highest BCUT2D eigenvalue weighted by atomic mass is 32.1. The summed E-state index contributed by atoms with van der Waals surface area (Å²) in [7, 11) is 0. The summed E-state index contributed by atoms with van der Waals surface area (Å²) >= 11 is 1.41. The van der Waals surface area contributed by atoms with Gasteiger partial charge in [0.05, 0.1) is 10.2 Å². The molecule has 1 aliphatic rings. The summed E-state index contributed by atoms with van der Waals surface area (Å²) in [5.41, 5.74) is 4.09. The Balaban J connectivity index is 1.60. The maximum Gasteiger partial charge on any atom is 0.284 e. The molecule has 0 radical (unpaired) electrons. The van der Waals surface area contributed by atoms with Crippen LogP contribution in [0.4, 0.5) is 11.4 Å². The predicted molar refractivity (Wildman–Crippen MR) is 86.2 cm³/mol. The average molecular weight is 295 g/mol. The van der Waals surface area contributed by atoms with Gasteiger partial charge < -0.3 is 10.6 Å². The highest BCUT2D eigenvalue weighted by Crippen LogP contribution is 2.26. The maximum atomic E-state index is 12.3. The second-order valence-electron chi connectivity index (χ2n) is 4.99. The zero-order chi connectivity index (χ0) is 14.2. The third kappa shape index (κ3) is 2.25. The molecule has 2 aromatic carbocycles. The van der Waals surface area contributed by atoms with Crippen molar-refractivity contribution in [3.8, 4) is 0 Å². The van der Waals surface area contributed by atoms with Crippen LogP contribution < -0.4 is 10.6 Å². The number of hydrogen-bond acceptors (Lipinski definition) is 4. The van der Waals surface area contributed by atoms with E-state index in [9.17, 15) is 4.79 Å². The third-order valence-electron chi connectivity index (χ3n) is 3.56. The standard InChI is InChI=1S/C16H13N3OS/c20-15(16-19-13-3-1-2-4-14(13)21-16)18-11-5-6-12-10(9-11)7-8-17-12/h1-6,9,17H,7-8H2,(H,18,20). The SMILES string of the molecule is O=C(Nc1ccc2c(c1)CCN2)c1nc2ccccc2s1. The van der Waals surface area contributed by atoms with Crippen molar-refractivity contribution in [1.29, 1.82) is 0 Å². The number of thiazole rings is 1.